The molecule has 0 bridgehead atoms. The molecule has 2 heterocycles. The van der Waals surface area contributed by atoms with Crippen molar-refractivity contribution >= 4 is 12.0 Å². The Morgan fingerprint density at radius 3 is 2.84 bits per heavy atom. The van der Waals surface area contributed by atoms with Crippen LogP contribution in [0.15, 0.2) is 54.7 Å². The second kappa shape index (κ2) is 8.99. The van der Waals surface area contributed by atoms with Gasteiger partial charge in [0.05, 0.1) is 11.8 Å². The maximum Gasteiger partial charge on any atom is 0.330 e. The van der Waals surface area contributed by atoms with Crippen LogP contribution in [0.1, 0.15) is 24.1 Å². The number of hydrogen-bond donors (Lipinski definition) is 0. The summed E-state index contributed by atoms with van der Waals surface area (Å²) >= 11 is 0. The van der Waals surface area contributed by atoms with Gasteiger partial charge in [-0.15, -0.1) is 0 Å². The summed E-state index contributed by atoms with van der Waals surface area (Å²) in [5, 5.41) is 0. The molecule has 1 aromatic heterocycles. The summed E-state index contributed by atoms with van der Waals surface area (Å²) in [5.74, 6) is 0.398. The third kappa shape index (κ3) is 5.72. The fourth-order valence-electron chi connectivity index (χ4n) is 2.48. The SMILES string of the molecule is O=C(/C=C/c1ccc(OCc2ccccn2)cc1)OCC1CCCO1. The molecule has 1 fully saturated rings. The predicted octanol–water partition coefficient (Wildman–Crippen LogP) is 3.40. The van der Waals surface area contributed by atoms with Crippen LogP contribution in [0.25, 0.3) is 6.08 Å². The third-order valence-electron chi connectivity index (χ3n) is 3.84. The van der Waals surface area contributed by atoms with Crippen molar-refractivity contribution in [2.45, 2.75) is 25.6 Å². The van der Waals surface area contributed by atoms with Crippen molar-refractivity contribution in [3.8, 4) is 5.75 Å². The number of ether oxygens (including phenoxy) is 3. The van der Waals surface area contributed by atoms with Crippen LogP contribution in [0.5, 0.6) is 5.75 Å². The van der Waals surface area contributed by atoms with Crippen molar-refractivity contribution in [1.82, 2.24) is 4.98 Å². The first-order valence-corrected chi connectivity index (χ1v) is 8.39. The van der Waals surface area contributed by atoms with E-state index >= 15 is 0 Å². The number of benzene rings is 1. The van der Waals surface area contributed by atoms with Crippen LogP contribution >= 0.6 is 0 Å². The zero-order chi connectivity index (χ0) is 17.3. The summed E-state index contributed by atoms with van der Waals surface area (Å²) in [6, 6.07) is 13.2. The van der Waals surface area contributed by atoms with E-state index in [0.29, 0.717) is 13.2 Å². The van der Waals surface area contributed by atoms with Gasteiger partial charge in [0, 0.05) is 18.9 Å². The van der Waals surface area contributed by atoms with Crippen LogP contribution in [-0.4, -0.2) is 30.3 Å². The topological polar surface area (TPSA) is 57.7 Å². The lowest BCUT2D eigenvalue weighted by molar-refractivity contribution is -0.140. The Morgan fingerprint density at radius 2 is 2.12 bits per heavy atom. The Labute approximate surface area is 147 Å². The summed E-state index contributed by atoms with van der Waals surface area (Å²) in [7, 11) is 0. The predicted molar refractivity (Wildman–Crippen MR) is 94.0 cm³/mol. The largest absolute Gasteiger partial charge is 0.487 e. The van der Waals surface area contributed by atoms with E-state index < -0.39 is 0 Å². The fourth-order valence-corrected chi connectivity index (χ4v) is 2.48. The van der Waals surface area contributed by atoms with Gasteiger partial charge in [-0.05, 0) is 48.7 Å². The number of nitrogens with zero attached hydrogens (tertiary/aromatic N) is 1. The van der Waals surface area contributed by atoms with Gasteiger partial charge in [0.15, 0.2) is 0 Å². The van der Waals surface area contributed by atoms with Crippen molar-refractivity contribution in [3.63, 3.8) is 0 Å². The molecule has 0 saturated carbocycles. The second-order valence-corrected chi connectivity index (χ2v) is 5.78. The maximum atomic E-state index is 11.7. The lowest BCUT2D eigenvalue weighted by atomic mass is 10.2. The van der Waals surface area contributed by atoms with Crippen LogP contribution in [0, 0.1) is 0 Å². The summed E-state index contributed by atoms with van der Waals surface area (Å²) in [6.45, 7) is 1.50. The Hall–Kier alpha value is -2.66. The van der Waals surface area contributed by atoms with Gasteiger partial charge in [0.25, 0.3) is 0 Å². The molecule has 0 spiro atoms. The first kappa shape index (κ1) is 17.2. The van der Waals surface area contributed by atoms with Gasteiger partial charge >= 0.3 is 5.97 Å². The molecule has 0 aliphatic carbocycles. The van der Waals surface area contributed by atoms with E-state index in [2.05, 4.69) is 4.98 Å². The minimum atomic E-state index is -0.356. The average molecular weight is 339 g/mol. The van der Waals surface area contributed by atoms with Crippen LogP contribution < -0.4 is 4.74 Å². The summed E-state index contributed by atoms with van der Waals surface area (Å²) < 4.78 is 16.3. The van der Waals surface area contributed by atoms with Gasteiger partial charge in [0.2, 0.25) is 0 Å². The highest BCUT2D eigenvalue weighted by molar-refractivity contribution is 5.87. The van der Waals surface area contributed by atoms with Gasteiger partial charge in [0.1, 0.15) is 19.0 Å². The molecule has 1 atom stereocenters. The van der Waals surface area contributed by atoms with E-state index in [4.69, 9.17) is 14.2 Å². The minimum Gasteiger partial charge on any atom is -0.487 e. The van der Waals surface area contributed by atoms with Crippen molar-refractivity contribution in [2.75, 3.05) is 13.2 Å². The molecule has 1 aliphatic rings. The van der Waals surface area contributed by atoms with E-state index in [9.17, 15) is 4.79 Å². The summed E-state index contributed by atoms with van der Waals surface area (Å²) in [4.78, 5) is 15.9. The van der Waals surface area contributed by atoms with Crippen LogP contribution in [-0.2, 0) is 20.9 Å². The number of pyridine rings is 1. The van der Waals surface area contributed by atoms with Crippen molar-refractivity contribution in [2.24, 2.45) is 0 Å². The average Bonchev–Trinajstić information content (AvgIpc) is 3.18. The number of carbonyl (C=O) groups excluding carboxylic acids is 1. The first-order valence-electron chi connectivity index (χ1n) is 8.39. The van der Waals surface area contributed by atoms with Crippen LogP contribution in [0.2, 0.25) is 0 Å². The molecule has 1 aliphatic heterocycles. The molecule has 130 valence electrons. The smallest absolute Gasteiger partial charge is 0.330 e. The molecule has 25 heavy (non-hydrogen) atoms. The Bertz CT molecular complexity index is 691. The standard InChI is InChI=1S/C20H21NO4/c22-20(25-15-19-5-3-13-23-19)11-8-16-6-9-18(10-7-16)24-14-17-4-1-2-12-21-17/h1-2,4,6-12,19H,3,5,13-15H2/b11-8+. The molecule has 0 radical (unpaired) electrons. The monoisotopic (exact) mass is 339 g/mol. The number of hydrogen-bond acceptors (Lipinski definition) is 5. The van der Waals surface area contributed by atoms with E-state index in [1.165, 1.54) is 6.08 Å². The van der Waals surface area contributed by atoms with Crippen molar-refractivity contribution < 1.29 is 19.0 Å². The lowest BCUT2D eigenvalue weighted by Gasteiger charge is -2.08. The van der Waals surface area contributed by atoms with Gasteiger partial charge < -0.3 is 14.2 Å². The van der Waals surface area contributed by atoms with E-state index in [0.717, 1.165) is 36.5 Å². The molecule has 1 saturated heterocycles. The Balaban J connectivity index is 1.44. The normalized spacial score (nSPS) is 16.9. The van der Waals surface area contributed by atoms with Gasteiger partial charge in [-0.1, -0.05) is 18.2 Å². The minimum absolute atomic E-state index is 0.0490. The maximum absolute atomic E-state index is 11.7. The molecule has 0 N–H and O–H groups in total. The zero-order valence-corrected chi connectivity index (χ0v) is 14.0. The molecule has 0 amide bonds. The van der Waals surface area contributed by atoms with Gasteiger partial charge in [-0.25, -0.2) is 4.79 Å². The Kier molecular flexibility index (Phi) is 6.17. The van der Waals surface area contributed by atoms with Crippen LogP contribution in [0.4, 0.5) is 0 Å². The number of esters is 1. The molecular weight excluding hydrogens is 318 g/mol. The molecule has 1 unspecified atom stereocenters. The highest BCUT2D eigenvalue weighted by Gasteiger charge is 2.16. The molecule has 3 rings (SSSR count). The van der Waals surface area contributed by atoms with E-state index in [1.54, 1.807) is 12.3 Å². The highest BCUT2D eigenvalue weighted by Crippen LogP contribution is 2.15. The molecule has 5 heteroatoms. The Morgan fingerprint density at radius 1 is 1.24 bits per heavy atom. The van der Waals surface area contributed by atoms with Crippen LogP contribution in [0.3, 0.4) is 0 Å². The van der Waals surface area contributed by atoms with Gasteiger partial charge in [-0.3, -0.25) is 4.98 Å². The number of rotatable bonds is 7. The van der Waals surface area contributed by atoms with Crippen molar-refractivity contribution in [3.05, 3.63) is 66.0 Å². The molecule has 2 aromatic rings. The molecule has 1 aromatic carbocycles. The quantitative estimate of drug-likeness (QED) is 0.572. The third-order valence-corrected chi connectivity index (χ3v) is 3.84. The number of carbonyl (C=O) groups is 1. The van der Waals surface area contributed by atoms with E-state index in [1.807, 2.05) is 42.5 Å². The lowest BCUT2D eigenvalue weighted by Crippen LogP contribution is -2.16. The zero-order valence-electron chi connectivity index (χ0n) is 14.0. The fraction of sp³-hybridized carbons (Fsp3) is 0.300. The molecule has 5 nitrogen and oxygen atoms in total. The number of aromatic nitrogens is 1. The van der Waals surface area contributed by atoms with Gasteiger partial charge in [-0.2, -0.15) is 0 Å². The first-order chi connectivity index (χ1) is 12.3. The summed E-state index contributed by atoms with van der Waals surface area (Å²) in [6.07, 6.45) is 6.93. The molecular formula is C20H21NO4. The van der Waals surface area contributed by atoms with Crippen molar-refractivity contribution in [1.29, 1.82) is 0 Å². The van der Waals surface area contributed by atoms with E-state index in [-0.39, 0.29) is 12.1 Å². The summed E-state index contributed by atoms with van der Waals surface area (Å²) in [5.41, 5.74) is 1.78. The second-order valence-electron chi connectivity index (χ2n) is 5.78. The highest BCUT2D eigenvalue weighted by atomic mass is 16.6.